The van der Waals surface area contributed by atoms with Crippen LogP contribution in [0.2, 0.25) is 0 Å². The number of hydrogen-bond acceptors (Lipinski definition) is 8. The standard InChI is InChI=1S/C27H33N5O4S2/c1-9-14-32-22(17-10-12-18(13-11-17)27(3,4)5)29-30-26(32)37-15-19(33)28-23-20(25(35)36-8)16(2)21(38-23)24(34)31(6)7/h9-13H,1,14-15H2,2-8H3,(H,28,33). The molecule has 0 saturated carbocycles. The predicted octanol–water partition coefficient (Wildman–Crippen LogP) is 5.02. The second kappa shape index (κ2) is 12.0. The summed E-state index contributed by atoms with van der Waals surface area (Å²) in [5.74, 6) is -0.524. The van der Waals surface area contributed by atoms with Crippen LogP contribution in [0.4, 0.5) is 5.00 Å². The highest BCUT2D eigenvalue weighted by Crippen LogP contribution is 2.35. The summed E-state index contributed by atoms with van der Waals surface area (Å²) in [5.41, 5.74) is 2.82. The van der Waals surface area contributed by atoms with Crippen molar-refractivity contribution in [1.82, 2.24) is 19.7 Å². The number of nitrogens with zero attached hydrogens (tertiary/aromatic N) is 4. The van der Waals surface area contributed by atoms with E-state index in [1.807, 2.05) is 16.7 Å². The molecule has 38 heavy (non-hydrogen) atoms. The maximum Gasteiger partial charge on any atom is 0.341 e. The van der Waals surface area contributed by atoms with Gasteiger partial charge in [-0.05, 0) is 23.5 Å². The summed E-state index contributed by atoms with van der Waals surface area (Å²) in [4.78, 5) is 39.7. The zero-order valence-corrected chi connectivity index (χ0v) is 24.4. The Morgan fingerprint density at radius 3 is 2.39 bits per heavy atom. The van der Waals surface area contributed by atoms with Gasteiger partial charge in [-0.3, -0.25) is 14.2 Å². The van der Waals surface area contributed by atoms with Gasteiger partial charge in [0.15, 0.2) is 11.0 Å². The summed E-state index contributed by atoms with van der Waals surface area (Å²) < 4.78 is 6.79. The third kappa shape index (κ3) is 6.33. The van der Waals surface area contributed by atoms with Crippen molar-refractivity contribution < 1.29 is 19.1 Å². The molecule has 3 rings (SSSR count). The molecular formula is C27H33N5O4S2. The van der Waals surface area contributed by atoms with Crippen LogP contribution in [0.25, 0.3) is 11.4 Å². The van der Waals surface area contributed by atoms with Crippen LogP contribution in [0.3, 0.4) is 0 Å². The van der Waals surface area contributed by atoms with Crippen LogP contribution in [0, 0.1) is 6.92 Å². The van der Waals surface area contributed by atoms with E-state index < -0.39 is 5.97 Å². The first-order chi connectivity index (χ1) is 17.9. The molecule has 0 saturated heterocycles. The molecule has 3 aromatic rings. The van der Waals surface area contributed by atoms with E-state index in [0.717, 1.165) is 16.9 Å². The summed E-state index contributed by atoms with van der Waals surface area (Å²) in [5, 5.41) is 12.3. The van der Waals surface area contributed by atoms with Crippen molar-refractivity contribution in [1.29, 1.82) is 0 Å². The number of hydrogen-bond donors (Lipinski definition) is 1. The molecule has 0 aliphatic rings. The number of ether oxygens (including phenoxy) is 1. The Kier molecular flexibility index (Phi) is 9.16. The molecule has 0 spiro atoms. The number of esters is 1. The molecule has 0 aliphatic heterocycles. The maximum atomic E-state index is 12.9. The van der Waals surface area contributed by atoms with Crippen molar-refractivity contribution in [3.8, 4) is 11.4 Å². The molecule has 0 radical (unpaired) electrons. The van der Waals surface area contributed by atoms with Gasteiger partial charge in [0, 0.05) is 26.2 Å². The van der Waals surface area contributed by atoms with Crippen molar-refractivity contribution in [3.05, 3.63) is 58.5 Å². The third-order valence-electron chi connectivity index (χ3n) is 5.76. The largest absolute Gasteiger partial charge is 0.465 e. The van der Waals surface area contributed by atoms with Crippen LogP contribution in [0.5, 0.6) is 0 Å². The molecule has 0 aliphatic carbocycles. The number of thiophene rings is 1. The fourth-order valence-electron chi connectivity index (χ4n) is 3.67. The average Bonchev–Trinajstić information content (AvgIpc) is 3.41. The smallest absolute Gasteiger partial charge is 0.341 e. The first kappa shape index (κ1) is 29.1. The first-order valence-corrected chi connectivity index (χ1v) is 13.7. The third-order valence-corrected chi connectivity index (χ3v) is 7.92. The maximum absolute atomic E-state index is 12.9. The van der Waals surface area contributed by atoms with Crippen LogP contribution < -0.4 is 5.32 Å². The Morgan fingerprint density at radius 2 is 1.84 bits per heavy atom. The van der Waals surface area contributed by atoms with Gasteiger partial charge >= 0.3 is 5.97 Å². The minimum Gasteiger partial charge on any atom is -0.465 e. The number of rotatable bonds is 9. The number of nitrogens with one attached hydrogen (secondary N) is 1. The minimum absolute atomic E-state index is 0.0206. The lowest BCUT2D eigenvalue weighted by Gasteiger charge is -2.19. The van der Waals surface area contributed by atoms with Crippen molar-refractivity contribution in [2.75, 3.05) is 32.3 Å². The van der Waals surface area contributed by atoms with Crippen LogP contribution >= 0.6 is 23.1 Å². The number of benzene rings is 1. The highest BCUT2D eigenvalue weighted by molar-refractivity contribution is 7.99. The normalized spacial score (nSPS) is 11.2. The van der Waals surface area contributed by atoms with E-state index >= 15 is 0 Å². The molecule has 2 aromatic heterocycles. The predicted molar refractivity (Wildman–Crippen MR) is 152 cm³/mol. The Bertz CT molecular complexity index is 1350. The number of carbonyl (C=O) groups excluding carboxylic acids is 3. The van der Waals surface area contributed by atoms with E-state index in [-0.39, 0.29) is 33.5 Å². The average molecular weight is 556 g/mol. The molecule has 202 valence electrons. The van der Waals surface area contributed by atoms with Crippen molar-refractivity contribution in [2.45, 2.75) is 44.8 Å². The second-order valence-electron chi connectivity index (χ2n) is 9.82. The lowest BCUT2D eigenvalue weighted by atomic mass is 9.87. The van der Waals surface area contributed by atoms with Gasteiger partial charge in [-0.1, -0.05) is 62.9 Å². The van der Waals surface area contributed by atoms with E-state index in [1.165, 1.54) is 29.3 Å². The Balaban J connectivity index is 1.81. The van der Waals surface area contributed by atoms with Gasteiger partial charge in [0.25, 0.3) is 5.91 Å². The molecule has 0 atom stereocenters. The van der Waals surface area contributed by atoms with Gasteiger partial charge in [-0.15, -0.1) is 28.1 Å². The molecule has 2 heterocycles. The number of carbonyl (C=O) groups is 3. The van der Waals surface area contributed by atoms with E-state index in [2.05, 4.69) is 55.0 Å². The van der Waals surface area contributed by atoms with E-state index in [0.29, 0.717) is 28.0 Å². The highest BCUT2D eigenvalue weighted by atomic mass is 32.2. The molecule has 1 N–H and O–H groups in total. The van der Waals surface area contributed by atoms with Crippen LogP contribution in [0.1, 0.15) is 51.9 Å². The summed E-state index contributed by atoms with van der Waals surface area (Å²) >= 11 is 2.27. The zero-order chi connectivity index (χ0) is 28.2. The molecule has 11 heteroatoms. The van der Waals surface area contributed by atoms with Gasteiger partial charge in [0.2, 0.25) is 5.91 Å². The molecule has 0 unspecified atom stereocenters. The van der Waals surface area contributed by atoms with Gasteiger partial charge in [0.05, 0.1) is 23.3 Å². The van der Waals surface area contributed by atoms with Crippen LogP contribution in [-0.2, 0) is 21.5 Å². The summed E-state index contributed by atoms with van der Waals surface area (Å²) in [6, 6.07) is 8.20. The number of anilines is 1. The Morgan fingerprint density at radius 1 is 1.18 bits per heavy atom. The SMILES string of the molecule is C=CCn1c(SCC(=O)Nc2sc(C(=O)N(C)C)c(C)c2C(=O)OC)nnc1-c1ccc(C(C)(C)C)cc1. The van der Waals surface area contributed by atoms with Crippen molar-refractivity contribution in [3.63, 3.8) is 0 Å². The highest BCUT2D eigenvalue weighted by Gasteiger charge is 2.27. The fraction of sp³-hybridized carbons (Fsp3) is 0.370. The van der Waals surface area contributed by atoms with Gasteiger partial charge in [-0.2, -0.15) is 0 Å². The Hall–Kier alpha value is -3.44. The van der Waals surface area contributed by atoms with E-state index in [1.54, 1.807) is 27.1 Å². The summed E-state index contributed by atoms with van der Waals surface area (Å²) in [6.07, 6.45) is 1.75. The monoisotopic (exact) mass is 555 g/mol. The van der Waals surface area contributed by atoms with E-state index in [9.17, 15) is 14.4 Å². The lowest BCUT2D eigenvalue weighted by molar-refractivity contribution is -0.113. The Labute approximate surface area is 231 Å². The molecule has 9 nitrogen and oxygen atoms in total. The molecule has 0 fully saturated rings. The van der Waals surface area contributed by atoms with Crippen molar-refractivity contribution in [2.24, 2.45) is 0 Å². The minimum atomic E-state index is -0.618. The number of amides is 2. The number of aromatic nitrogens is 3. The zero-order valence-electron chi connectivity index (χ0n) is 22.7. The van der Waals surface area contributed by atoms with Gasteiger partial charge < -0.3 is 15.0 Å². The number of allylic oxidation sites excluding steroid dienone is 1. The molecule has 0 bridgehead atoms. The lowest BCUT2D eigenvalue weighted by Crippen LogP contribution is -2.21. The number of thioether (sulfide) groups is 1. The van der Waals surface area contributed by atoms with Crippen LogP contribution in [0.15, 0.2) is 42.1 Å². The van der Waals surface area contributed by atoms with E-state index in [4.69, 9.17) is 4.74 Å². The summed E-state index contributed by atoms with van der Waals surface area (Å²) in [6.45, 7) is 12.5. The molecule has 1 aromatic carbocycles. The second-order valence-corrected chi connectivity index (χ2v) is 11.8. The molecular weight excluding hydrogens is 522 g/mol. The fourth-order valence-corrected chi connectivity index (χ4v) is 5.65. The molecule has 2 amide bonds. The quantitative estimate of drug-likeness (QED) is 0.225. The first-order valence-electron chi connectivity index (χ1n) is 11.9. The van der Waals surface area contributed by atoms with Gasteiger partial charge in [-0.25, -0.2) is 4.79 Å². The van der Waals surface area contributed by atoms with Gasteiger partial charge in [0.1, 0.15) is 5.00 Å². The topological polar surface area (TPSA) is 106 Å². The number of methoxy groups -OCH3 is 1. The van der Waals surface area contributed by atoms with Crippen molar-refractivity contribution >= 4 is 45.9 Å². The summed E-state index contributed by atoms with van der Waals surface area (Å²) in [7, 11) is 4.51. The van der Waals surface area contributed by atoms with Crippen LogP contribution in [-0.4, -0.2) is 64.4 Å².